The normalized spacial score (nSPS) is 10.8. The molecule has 0 fully saturated rings. The zero-order valence-corrected chi connectivity index (χ0v) is 12.6. The zero-order valence-electron chi connectivity index (χ0n) is 11.8. The van der Waals surface area contributed by atoms with E-state index >= 15 is 0 Å². The number of thiophene rings is 1. The van der Waals surface area contributed by atoms with Gasteiger partial charge in [-0.05, 0) is 32.9 Å². The van der Waals surface area contributed by atoms with Crippen LogP contribution in [0.1, 0.15) is 26.9 Å². The van der Waals surface area contributed by atoms with Crippen LogP contribution >= 0.6 is 11.3 Å². The van der Waals surface area contributed by atoms with Crippen molar-refractivity contribution in [3.05, 3.63) is 40.3 Å². The van der Waals surface area contributed by atoms with E-state index in [1.54, 1.807) is 19.1 Å². The molecule has 0 atom stereocenters. The van der Waals surface area contributed by atoms with Crippen molar-refractivity contribution in [1.82, 2.24) is 10.3 Å². The Kier molecular flexibility index (Phi) is 3.34. The van der Waals surface area contributed by atoms with Crippen molar-refractivity contribution < 1.29 is 13.8 Å². The van der Waals surface area contributed by atoms with Crippen LogP contribution in [-0.4, -0.2) is 16.2 Å². The molecule has 108 valence electrons. The molecule has 3 aromatic heterocycles. The van der Waals surface area contributed by atoms with Gasteiger partial charge in [-0.3, -0.25) is 4.79 Å². The van der Waals surface area contributed by atoms with Gasteiger partial charge in [-0.1, -0.05) is 10.3 Å². The van der Waals surface area contributed by atoms with Gasteiger partial charge in [-0.2, -0.15) is 0 Å². The number of rotatable bonds is 3. The first-order chi connectivity index (χ1) is 10.0. The number of nitrogens with one attached hydrogen (secondary N) is 1. The lowest BCUT2D eigenvalue weighted by Gasteiger charge is -1.97. The number of hydrogen-bond donors (Lipinski definition) is 1. The van der Waals surface area contributed by atoms with E-state index in [-0.39, 0.29) is 5.91 Å². The third-order valence-corrected chi connectivity index (χ3v) is 4.08. The van der Waals surface area contributed by atoms with E-state index in [0.717, 1.165) is 21.9 Å². The smallest absolute Gasteiger partial charge is 0.266 e. The van der Waals surface area contributed by atoms with E-state index in [9.17, 15) is 4.79 Å². The van der Waals surface area contributed by atoms with Crippen molar-refractivity contribution in [2.45, 2.75) is 20.8 Å². The number of aryl methyl sites for hydroxylation is 3. The SMILES string of the molecule is Cc1cc(NC(=O)c2ccc(-c3c(C)noc3C)s2)no1. The van der Waals surface area contributed by atoms with Gasteiger partial charge >= 0.3 is 0 Å². The predicted octanol–water partition coefficient (Wildman–Crippen LogP) is 3.57. The van der Waals surface area contributed by atoms with Gasteiger partial charge in [-0.15, -0.1) is 11.3 Å². The van der Waals surface area contributed by atoms with Gasteiger partial charge in [0.05, 0.1) is 16.1 Å². The van der Waals surface area contributed by atoms with Gasteiger partial charge in [0.2, 0.25) is 0 Å². The summed E-state index contributed by atoms with van der Waals surface area (Å²) >= 11 is 1.38. The second kappa shape index (κ2) is 5.17. The number of anilines is 1. The molecule has 3 rings (SSSR count). The van der Waals surface area contributed by atoms with E-state index in [1.165, 1.54) is 11.3 Å². The minimum absolute atomic E-state index is 0.216. The average Bonchev–Trinajstić information content (AvgIpc) is 3.12. The molecule has 6 nitrogen and oxygen atoms in total. The molecule has 1 N–H and O–H groups in total. The van der Waals surface area contributed by atoms with Crippen LogP contribution in [0, 0.1) is 20.8 Å². The summed E-state index contributed by atoms with van der Waals surface area (Å²) in [6.45, 7) is 5.50. The number of hydrogen-bond acceptors (Lipinski definition) is 6. The topological polar surface area (TPSA) is 81.2 Å². The molecular formula is C14H13N3O3S. The van der Waals surface area contributed by atoms with Crippen LogP contribution in [0.25, 0.3) is 10.4 Å². The highest BCUT2D eigenvalue weighted by atomic mass is 32.1. The first kappa shape index (κ1) is 13.6. The molecule has 1 amide bonds. The Bertz CT molecular complexity index is 781. The lowest BCUT2D eigenvalue weighted by molar-refractivity contribution is 0.102. The highest BCUT2D eigenvalue weighted by molar-refractivity contribution is 7.17. The van der Waals surface area contributed by atoms with E-state index in [4.69, 9.17) is 9.05 Å². The summed E-state index contributed by atoms with van der Waals surface area (Å²) in [6, 6.07) is 5.33. The van der Waals surface area contributed by atoms with Crippen molar-refractivity contribution in [2.24, 2.45) is 0 Å². The molecule has 0 aliphatic carbocycles. The maximum absolute atomic E-state index is 12.2. The third kappa shape index (κ3) is 2.59. The summed E-state index contributed by atoms with van der Waals surface area (Å²) in [4.78, 5) is 13.7. The molecule has 0 aromatic carbocycles. The van der Waals surface area contributed by atoms with Gasteiger partial charge in [0.15, 0.2) is 5.82 Å². The standard InChI is InChI=1S/C14H13N3O3S/c1-7-6-12(17-19-7)15-14(18)11-5-4-10(21-11)13-8(2)16-20-9(13)3/h4-6H,1-3H3,(H,15,17,18). The second-order valence-corrected chi connectivity index (χ2v) is 5.72. The van der Waals surface area contributed by atoms with Crippen LogP contribution < -0.4 is 5.32 Å². The number of nitrogens with zero attached hydrogens (tertiary/aromatic N) is 2. The first-order valence-corrected chi connectivity index (χ1v) is 7.14. The summed E-state index contributed by atoms with van der Waals surface area (Å²) < 4.78 is 10.1. The minimum atomic E-state index is -0.216. The van der Waals surface area contributed by atoms with Gasteiger partial charge < -0.3 is 14.4 Å². The zero-order chi connectivity index (χ0) is 15.0. The number of amides is 1. The van der Waals surface area contributed by atoms with Gasteiger partial charge in [0.1, 0.15) is 11.5 Å². The van der Waals surface area contributed by atoms with Crippen LogP contribution in [0.2, 0.25) is 0 Å². The molecule has 0 spiro atoms. The lowest BCUT2D eigenvalue weighted by atomic mass is 10.2. The molecular weight excluding hydrogens is 290 g/mol. The van der Waals surface area contributed by atoms with Crippen molar-refractivity contribution in [3.8, 4) is 10.4 Å². The largest absolute Gasteiger partial charge is 0.361 e. The second-order valence-electron chi connectivity index (χ2n) is 4.64. The van der Waals surface area contributed by atoms with E-state index < -0.39 is 0 Å². The Hall–Kier alpha value is -2.41. The van der Waals surface area contributed by atoms with Crippen molar-refractivity contribution >= 4 is 23.1 Å². The molecule has 0 saturated carbocycles. The van der Waals surface area contributed by atoms with Gasteiger partial charge in [0, 0.05) is 10.9 Å². The molecule has 0 unspecified atom stereocenters. The monoisotopic (exact) mass is 303 g/mol. The van der Waals surface area contributed by atoms with Crippen LogP contribution in [0.4, 0.5) is 5.82 Å². The predicted molar refractivity (Wildman–Crippen MR) is 78.5 cm³/mol. The highest BCUT2D eigenvalue weighted by Gasteiger charge is 2.17. The summed E-state index contributed by atoms with van der Waals surface area (Å²) in [6.07, 6.45) is 0. The summed E-state index contributed by atoms with van der Waals surface area (Å²) in [5.41, 5.74) is 1.75. The number of carbonyl (C=O) groups excluding carboxylic acids is 1. The summed E-state index contributed by atoms with van der Waals surface area (Å²) in [5.74, 6) is 1.58. The Balaban J connectivity index is 1.83. The fourth-order valence-electron chi connectivity index (χ4n) is 2.03. The van der Waals surface area contributed by atoms with Crippen molar-refractivity contribution in [1.29, 1.82) is 0 Å². The van der Waals surface area contributed by atoms with E-state index in [2.05, 4.69) is 15.6 Å². The molecule has 0 bridgehead atoms. The molecule has 0 saturated heterocycles. The maximum Gasteiger partial charge on any atom is 0.266 e. The minimum Gasteiger partial charge on any atom is -0.361 e. The van der Waals surface area contributed by atoms with E-state index in [0.29, 0.717) is 16.5 Å². The lowest BCUT2D eigenvalue weighted by Crippen LogP contribution is -2.10. The molecule has 0 aliphatic heterocycles. The van der Waals surface area contributed by atoms with Crippen LogP contribution in [0.15, 0.2) is 27.2 Å². The Morgan fingerprint density at radius 2 is 2.00 bits per heavy atom. The fraction of sp³-hybridized carbons (Fsp3) is 0.214. The number of aromatic nitrogens is 2. The molecule has 3 heterocycles. The maximum atomic E-state index is 12.2. The van der Waals surface area contributed by atoms with E-state index in [1.807, 2.05) is 19.9 Å². The third-order valence-electron chi connectivity index (χ3n) is 2.98. The Morgan fingerprint density at radius 3 is 2.62 bits per heavy atom. The van der Waals surface area contributed by atoms with Crippen LogP contribution in [-0.2, 0) is 0 Å². The summed E-state index contributed by atoms with van der Waals surface area (Å²) in [5, 5.41) is 10.4. The van der Waals surface area contributed by atoms with Crippen LogP contribution in [0.3, 0.4) is 0 Å². The van der Waals surface area contributed by atoms with Gasteiger partial charge in [0.25, 0.3) is 5.91 Å². The average molecular weight is 303 g/mol. The van der Waals surface area contributed by atoms with Crippen LogP contribution in [0.5, 0.6) is 0 Å². The number of carbonyl (C=O) groups is 1. The Labute approximate surface area is 124 Å². The molecule has 3 aromatic rings. The summed E-state index contributed by atoms with van der Waals surface area (Å²) in [7, 11) is 0. The molecule has 7 heteroatoms. The van der Waals surface area contributed by atoms with Crippen molar-refractivity contribution in [2.75, 3.05) is 5.32 Å². The van der Waals surface area contributed by atoms with Gasteiger partial charge in [-0.25, -0.2) is 0 Å². The fourth-order valence-corrected chi connectivity index (χ4v) is 3.08. The first-order valence-electron chi connectivity index (χ1n) is 6.32. The highest BCUT2D eigenvalue weighted by Crippen LogP contribution is 2.33. The molecule has 0 aliphatic rings. The quantitative estimate of drug-likeness (QED) is 0.800. The Morgan fingerprint density at radius 1 is 1.19 bits per heavy atom. The van der Waals surface area contributed by atoms with Crippen molar-refractivity contribution in [3.63, 3.8) is 0 Å². The molecule has 0 radical (unpaired) electrons. The molecule has 21 heavy (non-hydrogen) atoms.